The van der Waals surface area contributed by atoms with E-state index in [-0.39, 0.29) is 17.1 Å². The van der Waals surface area contributed by atoms with Crippen molar-refractivity contribution in [1.29, 1.82) is 0 Å². The van der Waals surface area contributed by atoms with Crippen molar-refractivity contribution in [3.05, 3.63) is 47.7 Å². The number of nitrogens with one attached hydrogen (secondary N) is 1. The standard InChI is InChI=1S/C18H21N3O4/c1-18(2,3)25-17(23)13-9-10-20-15(14(13)19)21-16(22)11-5-7-12(24-4)8-6-11/h5-10H,19H2,1-4H3,(H,20,21,22). The maximum Gasteiger partial charge on any atom is 0.340 e. The number of anilines is 2. The summed E-state index contributed by atoms with van der Waals surface area (Å²) in [6.45, 7) is 5.28. The van der Waals surface area contributed by atoms with E-state index < -0.39 is 17.5 Å². The van der Waals surface area contributed by atoms with Crippen LogP contribution in [0.1, 0.15) is 41.5 Å². The topological polar surface area (TPSA) is 104 Å². The van der Waals surface area contributed by atoms with Gasteiger partial charge in [-0.3, -0.25) is 4.79 Å². The average molecular weight is 343 g/mol. The first-order valence-electron chi connectivity index (χ1n) is 7.64. The van der Waals surface area contributed by atoms with Gasteiger partial charge in [-0.2, -0.15) is 0 Å². The Morgan fingerprint density at radius 3 is 2.32 bits per heavy atom. The minimum absolute atomic E-state index is 0.0543. The number of amides is 1. The molecule has 1 aromatic heterocycles. The summed E-state index contributed by atoms with van der Waals surface area (Å²) in [5, 5.41) is 2.60. The lowest BCUT2D eigenvalue weighted by Crippen LogP contribution is -2.25. The fraction of sp³-hybridized carbons (Fsp3) is 0.278. The molecule has 132 valence electrons. The fourth-order valence-corrected chi connectivity index (χ4v) is 2.01. The van der Waals surface area contributed by atoms with Crippen LogP contribution in [-0.2, 0) is 4.74 Å². The van der Waals surface area contributed by atoms with Crippen molar-refractivity contribution >= 4 is 23.4 Å². The van der Waals surface area contributed by atoms with E-state index in [4.69, 9.17) is 15.2 Å². The zero-order chi connectivity index (χ0) is 18.6. The summed E-state index contributed by atoms with van der Waals surface area (Å²) in [5.41, 5.74) is 5.93. The van der Waals surface area contributed by atoms with Crippen LogP contribution in [0.5, 0.6) is 5.75 Å². The van der Waals surface area contributed by atoms with Gasteiger partial charge in [-0.15, -0.1) is 0 Å². The van der Waals surface area contributed by atoms with Crippen LogP contribution in [0.25, 0.3) is 0 Å². The highest BCUT2D eigenvalue weighted by atomic mass is 16.6. The Kier molecular flexibility index (Phi) is 5.26. The van der Waals surface area contributed by atoms with Crippen molar-refractivity contribution in [3.8, 4) is 5.75 Å². The third-order valence-electron chi connectivity index (χ3n) is 3.19. The van der Waals surface area contributed by atoms with Crippen LogP contribution in [0, 0.1) is 0 Å². The number of ether oxygens (including phenoxy) is 2. The van der Waals surface area contributed by atoms with E-state index in [0.717, 1.165) is 0 Å². The highest BCUT2D eigenvalue weighted by molar-refractivity contribution is 6.07. The summed E-state index contributed by atoms with van der Waals surface area (Å²) in [4.78, 5) is 28.5. The number of methoxy groups -OCH3 is 1. The molecule has 0 aliphatic carbocycles. The van der Waals surface area contributed by atoms with Crippen LogP contribution in [0.15, 0.2) is 36.5 Å². The molecule has 1 aromatic carbocycles. The number of benzene rings is 1. The molecule has 7 heteroatoms. The lowest BCUT2D eigenvalue weighted by molar-refractivity contribution is 0.00706. The van der Waals surface area contributed by atoms with Crippen LogP contribution in [0.4, 0.5) is 11.5 Å². The van der Waals surface area contributed by atoms with Crippen molar-refractivity contribution < 1.29 is 19.1 Å². The highest BCUT2D eigenvalue weighted by Gasteiger charge is 2.22. The van der Waals surface area contributed by atoms with Gasteiger partial charge in [-0.25, -0.2) is 9.78 Å². The number of carbonyl (C=O) groups is 2. The second-order valence-corrected chi connectivity index (χ2v) is 6.31. The molecular weight excluding hydrogens is 322 g/mol. The van der Waals surface area contributed by atoms with Crippen molar-refractivity contribution in [2.75, 3.05) is 18.2 Å². The second-order valence-electron chi connectivity index (χ2n) is 6.31. The van der Waals surface area contributed by atoms with E-state index in [0.29, 0.717) is 11.3 Å². The molecule has 0 aliphatic rings. The van der Waals surface area contributed by atoms with Crippen molar-refractivity contribution in [1.82, 2.24) is 4.98 Å². The summed E-state index contributed by atoms with van der Waals surface area (Å²) in [7, 11) is 1.54. The molecule has 25 heavy (non-hydrogen) atoms. The zero-order valence-corrected chi connectivity index (χ0v) is 14.6. The number of carbonyl (C=O) groups excluding carboxylic acids is 2. The van der Waals surface area contributed by atoms with Gasteiger partial charge in [0.05, 0.1) is 18.4 Å². The van der Waals surface area contributed by atoms with E-state index in [2.05, 4.69) is 10.3 Å². The fourth-order valence-electron chi connectivity index (χ4n) is 2.01. The summed E-state index contributed by atoms with van der Waals surface area (Å²) in [5.74, 6) is -0.235. The molecule has 1 heterocycles. The first-order chi connectivity index (χ1) is 11.7. The molecule has 7 nitrogen and oxygen atoms in total. The molecular formula is C18H21N3O4. The first-order valence-corrected chi connectivity index (χ1v) is 7.64. The van der Waals surface area contributed by atoms with E-state index in [1.54, 1.807) is 52.1 Å². The van der Waals surface area contributed by atoms with Gasteiger partial charge in [0.2, 0.25) is 0 Å². The van der Waals surface area contributed by atoms with E-state index >= 15 is 0 Å². The monoisotopic (exact) mass is 343 g/mol. The molecule has 0 spiro atoms. The molecule has 0 aliphatic heterocycles. The van der Waals surface area contributed by atoms with Gasteiger partial charge in [0.1, 0.15) is 11.4 Å². The molecule has 0 unspecified atom stereocenters. The molecule has 0 radical (unpaired) electrons. The molecule has 1 amide bonds. The Bertz CT molecular complexity index is 780. The van der Waals surface area contributed by atoms with Gasteiger partial charge in [0.25, 0.3) is 5.91 Å². The van der Waals surface area contributed by atoms with Gasteiger partial charge >= 0.3 is 5.97 Å². The Labute approximate surface area is 146 Å². The number of esters is 1. The maximum atomic E-state index is 12.3. The van der Waals surface area contributed by atoms with Gasteiger partial charge in [0, 0.05) is 11.8 Å². The Morgan fingerprint density at radius 2 is 1.76 bits per heavy atom. The van der Waals surface area contributed by atoms with E-state index in [1.807, 2.05) is 0 Å². The zero-order valence-electron chi connectivity index (χ0n) is 14.6. The van der Waals surface area contributed by atoms with Gasteiger partial charge in [0.15, 0.2) is 5.82 Å². The summed E-state index contributed by atoms with van der Waals surface area (Å²) >= 11 is 0. The lowest BCUT2D eigenvalue weighted by Gasteiger charge is -2.20. The third-order valence-corrected chi connectivity index (χ3v) is 3.19. The Hall–Kier alpha value is -3.09. The van der Waals surface area contributed by atoms with E-state index in [1.165, 1.54) is 12.3 Å². The number of aromatic nitrogens is 1. The summed E-state index contributed by atoms with van der Waals surface area (Å²) in [6, 6.07) is 8.02. The molecule has 0 atom stereocenters. The largest absolute Gasteiger partial charge is 0.497 e. The smallest absolute Gasteiger partial charge is 0.340 e. The SMILES string of the molecule is COc1ccc(C(=O)Nc2nccc(C(=O)OC(C)(C)C)c2N)cc1. The molecule has 3 N–H and O–H groups in total. The number of pyridine rings is 1. The number of nitrogen functional groups attached to an aromatic ring is 1. The quantitative estimate of drug-likeness (QED) is 0.827. The number of nitrogens with zero attached hydrogens (tertiary/aromatic N) is 1. The normalized spacial score (nSPS) is 10.9. The molecule has 2 aromatic rings. The van der Waals surface area contributed by atoms with Crippen molar-refractivity contribution in [2.45, 2.75) is 26.4 Å². The molecule has 2 rings (SSSR count). The van der Waals surface area contributed by atoms with Gasteiger partial charge < -0.3 is 20.5 Å². The van der Waals surface area contributed by atoms with Crippen molar-refractivity contribution in [3.63, 3.8) is 0 Å². The molecule has 0 fully saturated rings. The van der Waals surface area contributed by atoms with Gasteiger partial charge in [-0.05, 0) is 51.1 Å². The van der Waals surface area contributed by atoms with Gasteiger partial charge in [-0.1, -0.05) is 0 Å². The molecule has 0 saturated carbocycles. The van der Waals surface area contributed by atoms with Crippen LogP contribution >= 0.6 is 0 Å². The minimum Gasteiger partial charge on any atom is -0.497 e. The predicted octanol–water partition coefficient (Wildman–Crippen LogP) is 2.88. The number of rotatable bonds is 4. The third kappa shape index (κ3) is 4.69. The predicted molar refractivity (Wildman–Crippen MR) is 94.8 cm³/mol. The number of nitrogens with two attached hydrogens (primary N) is 1. The van der Waals surface area contributed by atoms with Crippen LogP contribution in [0.3, 0.4) is 0 Å². The molecule has 0 bridgehead atoms. The molecule has 0 saturated heterocycles. The number of hydrogen-bond donors (Lipinski definition) is 2. The minimum atomic E-state index is -0.653. The Morgan fingerprint density at radius 1 is 1.12 bits per heavy atom. The number of hydrogen-bond acceptors (Lipinski definition) is 6. The summed E-state index contributed by atoms with van der Waals surface area (Å²) < 4.78 is 10.4. The van der Waals surface area contributed by atoms with E-state index in [9.17, 15) is 9.59 Å². The highest BCUT2D eigenvalue weighted by Crippen LogP contribution is 2.23. The summed E-state index contributed by atoms with van der Waals surface area (Å²) in [6.07, 6.45) is 1.39. The van der Waals surface area contributed by atoms with Crippen LogP contribution in [-0.4, -0.2) is 29.6 Å². The second kappa shape index (κ2) is 7.21. The lowest BCUT2D eigenvalue weighted by atomic mass is 10.1. The Balaban J connectivity index is 2.21. The van der Waals surface area contributed by atoms with Crippen LogP contribution < -0.4 is 15.8 Å². The maximum absolute atomic E-state index is 12.3. The van der Waals surface area contributed by atoms with Crippen molar-refractivity contribution in [2.24, 2.45) is 0 Å². The average Bonchev–Trinajstić information content (AvgIpc) is 2.55. The van der Waals surface area contributed by atoms with Crippen LogP contribution in [0.2, 0.25) is 0 Å². The first kappa shape index (κ1) is 18.3.